The molecule has 1 aromatic heterocycles. The molecule has 0 unspecified atom stereocenters. The summed E-state index contributed by atoms with van der Waals surface area (Å²) >= 11 is 0. The lowest BCUT2D eigenvalue weighted by Crippen LogP contribution is -2.22. The van der Waals surface area contributed by atoms with E-state index in [1.165, 1.54) is 0 Å². The maximum atomic E-state index is 11.0. The second kappa shape index (κ2) is 3.20. The van der Waals surface area contributed by atoms with Crippen molar-refractivity contribution in [1.82, 2.24) is 15.1 Å². The van der Waals surface area contributed by atoms with Crippen LogP contribution in [0.4, 0.5) is 0 Å². The Kier molecular flexibility index (Phi) is 2.11. The van der Waals surface area contributed by atoms with Crippen LogP contribution in [0.1, 0.15) is 5.56 Å². The van der Waals surface area contributed by atoms with E-state index in [2.05, 4.69) is 15.1 Å². The average Bonchev–Trinajstić information content (AvgIpc) is 2.48. The number of hydrogen-bond acceptors (Lipinski definition) is 4. The Balaban J connectivity index is 2.60. The molecule has 0 aliphatic heterocycles. The van der Waals surface area contributed by atoms with Crippen molar-refractivity contribution in [3.8, 4) is 0 Å². The number of sulfonamides is 1. The third-order valence-electron chi connectivity index (χ3n) is 1.93. The van der Waals surface area contributed by atoms with Crippen LogP contribution in [0.3, 0.4) is 0 Å². The van der Waals surface area contributed by atoms with E-state index >= 15 is 0 Å². The minimum Gasteiger partial charge on any atom is -0.206 e. The van der Waals surface area contributed by atoms with Crippen LogP contribution in [-0.2, 0) is 10.0 Å². The first-order chi connectivity index (χ1) is 6.97. The molecular weight excluding hydrogens is 216 g/mol. The fourth-order valence-corrected chi connectivity index (χ4v) is 1.76. The van der Waals surface area contributed by atoms with Crippen molar-refractivity contribution in [2.75, 3.05) is 11.1 Å². The van der Waals surface area contributed by atoms with E-state index in [0.717, 1.165) is 16.6 Å². The van der Waals surface area contributed by atoms with Crippen molar-refractivity contribution >= 4 is 21.1 Å². The molecule has 0 aliphatic rings. The van der Waals surface area contributed by atoms with E-state index in [4.69, 9.17) is 0 Å². The average molecular weight is 226 g/mol. The van der Waals surface area contributed by atoms with Gasteiger partial charge in [0, 0.05) is 0 Å². The van der Waals surface area contributed by atoms with Gasteiger partial charge in [-0.05, 0) is 23.8 Å². The van der Waals surface area contributed by atoms with E-state index in [9.17, 15) is 8.42 Å². The second-order valence-electron chi connectivity index (χ2n) is 3.31. The number of nitrogens with one attached hydrogen (secondary N) is 1. The molecule has 80 valence electrons. The summed E-state index contributed by atoms with van der Waals surface area (Å²) in [6.45, 7) is 1.89. The molecule has 0 amide bonds. The van der Waals surface area contributed by atoms with Gasteiger partial charge in [-0.1, -0.05) is 12.1 Å². The Hall–Kier alpha value is -1.63. The number of nitrogens with zero attached hydrogens (tertiary/aromatic N) is 3. The zero-order chi connectivity index (χ0) is 11.1. The lowest BCUT2D eigenvalue weighted by molar-refractivity contribution is 0.597. The summed E-state index contributed by atoms with van der Waals surface area (Å²) in [5, 5.41) is 7.61. The van der Waals surface area contributed by atoms with Crippen molar-refractivity contribution in [3.63, 3.8) is 0 Å². The van der Waals surface area contributed by atoms with Gasteiger partial charge in [-0.2, -0.15) is 0 Å². The van der Waals surface area contributed by atoms with Crippen LogP contribution >= 0.6 is 0 Å². The van der Waals surface area contributed by atoms with Crippen molar-refractivity contribution in [2.45, 2.75) is 6.92 Å². The van der Waals surface area contributed by atoms with E-state index in [-0.39, 0.29) is 0 Å². The molecule has 0 atom stereocenters. The zero-order valence-electron chi connectivity index (χ0n) is 8.30. The first-order valence-corrected chi connectivity index (χ1v) is 6.15. The number of rotatable bonds is 2. The smallest absolute Gasteiger partial charge is 0.206 e. The number of aromatic nitrogens is 3. The lowest BCUT2D eigenvalue weighted by Gasteiger charge is -2.02. The molecule has 0 spiro atoms. The zero-order valence-corrected chi connectivity index (χ0v) is 9.11. The molecule has 7 heteroatoms. The van der Waals surface area contributed by atoms with Gasteiger partial charge in [-0.3, -0.25) is 0 Å². The molecule has 1 N–H and O–H groups in total. The Bertz CT molecular complexity index is 602. The summed E-state index contributed by atoms with van der Waals surface area (Å²) in [6.07, 6.45) is 1.07. The van der Waals surface area contributed by atoms with Gasteiger partial charge in [0.15, 0.2) is 0 Å². The minimum absolute atomic E-state index is 0.639. The van der Waals surface area contributed by atoms with E-state index < -0.39 is 10.0 Å². The summed E-state index contributed by atoms with van der Waals surface area (Å²) in [7, 11) is -3.34. The SMILES string of the molecule is Cc1cccc2c1nnn2NS(C)(=O)=O. The van der Waals surface area contributed by atoms with Crippen LogP contribution in [0, 0.1) is 6.92 Å². The first-order valence-electron chi connectivity index (χ1n) is 4.26. The molecule has 0 radical (unpaired) electrons. The van der Waals surface area contributed by atoms with Gasteiger partial charge in [0.05, 0.1) is 6.26 Å². The predicted octanol–water partition coefficient (Wildman–Crippen LogP) is 0.243. The van der Waals surface area contributed by atoms with Crippen LogP contribution in [0.2, 0.25) is 0 Å². The third kappa shape index (κ3) is 1.91. The van der Waals surface area contributed by atoms with E-state index in [1.807, 2.05) is 19.1 Å². The molecule has 1 aromatic carbocycles. The molecule has 2 aromatic rings. The highest BCUT2D eigenvalue weighted by Crippen LogP contribution is 2.13. The summed E-state index contributed by atoms with van der Waals surface area (Å²) < 4.78 is 22.1. The normalized spacial score (nSPS) is 11.9. The number of benzene rings is 1. The Labute approximate surface area is 86.9 Å². The number of aryl methyl sites for hydroxylation is 1. The van der Waals surface area contributed by atoms with Gasteiger partial charge in [0.1, 0.15) is 11.0 Å². The van der Waals surface area contributed by atoms with Crippen LogP contribution in [-0.4, -0.2) is 29.8 Å². The van der Waals surface area contributed by atoms with Gasteiger partial charge in [0.2, 0.25) is 10.0 Å². The van der Waals surface area contributed by atoms with Crippen molar-refractivity contribution in [2.24, 2.45) is 0 Å². The molecule has 0 aliphatic carbocycles. The maximum absolute atomic E-state index is 11.0. The topological polar surface area (TPSA) is 76.9 Å². The molecule has 0 saturated carbocycles. The highest BCUT2D eigenvalue weighted by atomic mass is 32.2. The van der Waals surface area contributed by atoms with Gasteiger partial charge in [0.25, 0.3) is 0 Å². The number of hydrogen-bond donors (Lipinski definition) is 1. The molecule has 6 nitrogen and oxygen atoms in total. The fourth-order valence-electron chi connectivity index (χ4n) is 1.31. The minimum atomic E-state index is -3.34. The molecule has 1 heterocycles. The standard InChI is InChI=1S/C8H10N4O2S/c1-6-4-3-5-7-8(6)9-10-12(7)11-15(2,13)14/h3-5,11H,1-2H3. The summed E-state index contributed by atoms with van der Waals surface area (Å²) in [6, 6.07) is 5.46. The van der Waals surface area contributed by atoms with Crippen LogP contribution in [0.15, 0.2) is 18.2 Å². The summed E-state index contributed by atoms with van der Waals surface area (Å²) in [5.41, 5.74) is 2.28. The molecule has 15 heavy (non-hydrogen) atoms. The summed E-state index contributed by atoms with van der Waals surface area (Å²) in [4.78, 5) is 3.40. The Morgan fingerprint density at radius 3 is 2.80 bits per heavy atom. The Morgan fingerprint density at radius 1 is 1.40 bits per heavy atom. The lowest BCUT2D eigenvalue weighted by atomic mass is 10.2. The molecule has 2 rings (SSSR count). The largest absolute Gasteiger partial charge is 0.244 e. The monoisotopic (exact) mass is 226 g/mol. The van der Waals surface area contributed by atoms with Gasteiger partial charge < -0.3 is 0 Å². The Morgan fingerprint density at radius 2 is 2.13 bits per heavy atom. The van der Waals surface area contributed by atoms with Crippen LogP contribution in [0.5, 0.6) is 0 Å². The van der Waals surface area contributed by atoms with Crippen molar-refractivity contribution in [3.05, 3.63) is 23.8 Å². The second-order valence-corrected chi connectivity index (χ2v) is 5.03. The first kappa shape index (κ1) is 9.91. The van der Waals surface area contributed by atoms with Gasteiger partial charge in [-0.25, -0.2) is 13.2 Å². The van der Waals surface area contributed by atoms with Crippen molar-refractivity contribution < 1.29 is 8.42 Å². The highest BCUT2D eigenvalue weighted by molar-refractivity contribution is 7.91. The molecule has 0 bridgehead atoms. The highest BCUT2D eigenvalue weighted by Gasteiger charge is 2.08. The molecule has 0 fully saturated rings. The quantitative estimate of drug-likeness (QED) is 0.796. The molecule has 0 saturated heterocycles. The van der Waals surface area contributed by atoms with Crippen LogP contribution < -0.4 is 4.83 Å². The molecular formula is C8H10N4O2S. The van der Waals surface area contributed by atoms with Crippen LogP contribution in [0.25, 0.3) is 11.0 Å². The van der Waals surface area contributed by atoms with Gasteiger partial charge in [-0.15, -0.1) is 9.89 Å². The van der Waals surface area contributed by atoms with E-state index in [0.29, 0.717) is 11.0 Å². The third-order valence-corrected chi connectivity index (χ3v) is 2.44. The number of fused-ring (bicyclic) bond motifs is 1. The fraction of sp³-hybridized carbons (Fsp3) is 0.250. The van der Waals surface area contributed by atoms with Gasteiger partial charge >= 0.3 is 0 Å². The predicted molar refractivity (Wildman–Crippen MR) is 56.5 cm³/mol. The van der Waals surface area contributed by atoms with Crippen molar-refractivity contribution in [1.29, 1.82) is 0 Å². The summed E-state index contributed by atoms with van der Waals surface area (Å²) in [5.74, 6) is 0. The maximum Gasteiger partial charge on any atom is 0.244 e. The van der Waals surface area contributed by atoms with E-state index in [1.54, 1.807) is 6.07 Å².